The Kier molecular flexibility index (Phi) is 5.86. The van der Waals surface area contributed by atoms with Crippen LogP contribution in [0.1, 0.15) is 46.0 Å². The molecule has 0 atom stereocenters. The van der Waals surface area contributed by atoms with E-state index in [4.69, 9.17) is 0 Å². The molecule has 0 unspecified atom stereocenters. The van der Waals surface area contributed by atoms with Gasteiger partial charge in [0.15, 0.2) is 0 Å². The predicted octanol–water partition coefficient (Wildman–Crippen LogP) is 2.81. The van der Waals surface area contributed by atoms with Gasteiger partial charge in [0, 0.05) is 43.4 Å². The van der Waals surface area contributed by atoms with Crippen molar-refractivity contribution in [3.63, 3.8) is 0 Å². The number of nitrogens with zero attached hydrogens (tertiary/aromatic N) is 1. The van der Waals surface area contributed by atoms with Gasteiger partial charge in [0.25, 0.3) is 11.8 Å². The van der Waals surface area contributed by atoms with Crippen LogP contribution >= 0.6 is 0 Å². The second-order valence-corrected chi connectivity index (χ2v) is 6.64. The third kappa shape index (κ3) is 4.94. The van der Waals surface area contributed by atoms with E-state index < -0.39 is 0 Å². The van der Waals surface area contributed by atoms with Crippen molar-refractivity contribution in [3.05, 3.63) is 65.2 Å². The van der Waals surface area contributed by atoms with Crippen molar-refractivity contribution >= 4 is 23.4 Å². The molecule has 1 aliphatic rings. The summed E-state index contributed by atoms with van der Waals surface area (Å²) in [5.41, 5.74) is 2.69. The summed E-state index contributed by atoms with van der Waals surface area (Å²) >= 11 is 0. The van der Waals surface area contributed by atoms with Crippen molar-refractivity contribution in [3.8, 4) is 0 Å². The summed E-state index contributed by atoms with van der Waals surface area (Å²) in [6, 6.07) is 14.1. The standard InChI is InChI=1S/C21H23N3O3/c1-15(25)23-19-9-7-17(8-10-19)20(26)22-14-16-5-4-6-18(13-16)21(27)24-11-2-3-12-24/h4-10,13H,2-3,11-12,14H2,1H3,(H,22,26)(H,23,25). The van der Waals surface area contributed by atoms with Gasteiger partial charge < -0.3 is 15.5 Å². The molecule has 140 valence electrons. The van der Waals surface area contributed by atoms with E-state index in [0.29, 0.717) is 23.4 Å². The molecule has 1 heterocycles. The summed E-state index contributed by atoms with van der Waals surface area (Å²) in [4.78, 5) is 37.7. The number of benzene rings is 2. The average molecular weight is 365 g/mol. The second kappa shape index (κ2) is 8.49. The van der Waals surface area contributed by atoms with E-state index >= 15 is 0 Å². The fourth-order valence-corrected chi connectivity index (χ4v) is 3.11. The minimum absolute atomic E-state index is 0.0502. The number of carbonyl (C=O) groups is 3. The summed E-state index contributed by atoms with van der Waals surface area (Å²) in [6.45, 7) is 3.40. The predicted molar refractivity (Wildman–Crippen MR) is 103 cm³/mol. The van der Waals surface area contributed by atoms with Gasteiger partial charge in [-0.15, -0.1) is 0 Å². The number of hydrogen-bond acceptors (Lipinski definition) is 3. The Hall–Kier alpha value is -3.15. The smallest absolute Gasteiger partial charge is 0.253 e. The number of likely N-dealkylation sites (tertiary alicyclic amines) is 1. The summed E-state index contributed by atoms with van der Waals surface area (Å²) in [6.07, 6.45) is 2.12. The third-order valence-corrected chi connectivity index (χ3v) is 4.49. The van der Waals surface area contributed by atoms with Crippen molar-refractivity contribution in [2.24, 2.45) is 0 Å². The third-order valence-electron chi connectivity index (χ3n) is 4.49. The monoisotopic (exact) mass is 365 g/mol. The number of rotatable bonds is 5. The zero-order valence-electron chi connectivity index (χ0n) is 15.3. The highest BCUT2D eigenvalue weighted by atomic mass is 16.2. The number of nitrogens with one attached hydrogen (secondary N) is 2. The molecule has 3 rings (SSSR count). The van der Waals surface area contributed by atoms with Crippen LogP contribution in [0.4, 0.5) is 5.69 Å². The molecule has 27 heavy (non-hydrogen) atoms. The van der Waals surface area contributed by atoms with E-state index in [0.717, 1.165) is 31.5 Å². The molecule has 1 aliphatic heterocycles. The maximum atomic E-state index is 12.5. The first-order chi connectivity index (χ1) is 13.0. The molecule has 0 spiro atoms. The van der Waals surface area contributed by atoms with Crippen LogP contribution < -0.4 is 10.6 Å². The minimum Gasteiger partial charge on any atom is -0.348 e. The Morgan fingerprint density at radius 3 is 2.33 bits per heavy atom. The Morgan fingerprint density at radius 1 is 0.963 bits per heavy atom. The van der Waals surface area contributed by atoms with Gasteiger partial charge >= 0.3 is 0 Å². The Balaban J connectivity index is 1.59. The lowest BCUT2D eigenvalue weighted by Gasteiger charge is -2.15. The number of anilines is 1. The molecule has 1 saturated heterocycles. The van der Waals surface area contributed by atoms with E-state index in [1.807, 2.05) is 29.2 Å². The molecule has 1 fully saturated rings. The molecule has 0 aromatic heterocycles. The van der Waals surface area contributed by atoms with Crippen LogP contribution in [0.25, 0.3) is 0 Å². The van der Waals surface area contributed by atoms with Gasteiger partial charge in [0.1, 0.15) is 0 Å². The van der Waals surface area contributed by atoms with Gasteiger partial charge in [-0.05, 0) is 54.8 Å². The molecule has 3 amide bonds. The zero-order valence-corrected chi connectivity index (χ0v) is 15.3. The number of hydrogen-bond donors (Lipinski definition) is 2. The highest BCUT2D eigenvalue weighted by Crippen LogP contribution is 2.14. The Morgan fingerprint density at radius 2 is 1.67 bits per heavy atom. The van der Waals surface area contributed by atoms with Crippen molar-refractivity contribution in [1.82, 2.24) is 10.2 Å². The van der Waals surface area contributed by atoms with E-state index in [2.05, 4.69) is 10.6 Å². The molecule has 0 aliphatic carbocycles. The summed E-state index contributed by atoms with van der Waals surface area (Å²) < 4.78 is 0. The van der Waals surface area contributed by atoms with Crippen LogP contribution in [0.3, 0.4) is 0 Å². The van der Waals surface area contributed by atoms with E-state index in [1.54, 1.807) is 24.3 Å². The summed E-state index contributed by atoms with van der Waals surface area (Å²) in [7, 11) is 0. The molecule has 6 nitrogen and oxygen atoms in total. The van der Waals surface area contributed by atoms with Gasteiger partial charge in [-0.3, -0.25) is 14.4 Å². The summed E-state index contributed by atoms with van der Waals surface area (Å²) in [5, 5.41) is 5.52. The van der Waals surface area contributed by atoms with E-state index in [1.165, 1.54) is 6.92 Å². The van der Waals surface area contributed by atoms with Gasteiger partial charge in [-0.2, -0.15) is 0 Å². The molecule has 0 saturated carbocycles. The van der Waals surface area contributed by atoms with Crippen LogP contribution in [-0.4, -0.2) is 35.7 Å². The number of carbonyl (C=O) groups excluding carboxylic acids is 3. The molecule has 2 aromatic carbocycles. The molecule has 6 heteroatoms. The largest absolute Gasteiger partial charge is 0.348 e. The molecule has 2 N–H and O–H groups in total. The number of amides is 3. The Labute approximate surface area is 158 Å². The van der Waals surface area contributed by atoms with Crippen LogP contribution in [-0.2, 0) is 11.3 Å². The lowest BCUT2D eigenvalue weighted by Crippen LogP contribution is -2.28. The van der Waals surface area contributed by atoms with Gasteiger partial charge in [0.05, 0.1) is 0 Å². The highest BCUT2D eigenvalue weighted by molar-refractivity contribution is 5.96. The first-order valence-electron chi connectivity index (χ1n) is 9.07. The van der Waals surface area contributed by atoms with Gasteiger partial charge in [-0.25, -0.2) is 0 Å². The van der Waals surface area contributed by atoms with Crippen LogP contribution in [0.5, 0.6) is 0 Å². The molecular weight excluding hydrogens is 342 g/mol. The summed E-state index contributed by atoms with van der Waals surface area (Å²) in [5.74, 6) is -0.314. The van der Waals surface area contributed by atoms with E-state index in [-0.39, 0.29) is 17.7 Å². The maximum absolute atomic E-state index is 12.5. The normalized spacial score (nSPS) is 13.3. The van der Waals surface area contributed by atoms with Crippen LogP contribution in [0, 0.1) is 0 Å². The molecule has 0 bridgehead atoms. The van der Waals surface area contributed by atoms with Crippen LogP contribution in [0.2, 0.25) is 0 Å². The minimum atomic E-state index is -0.208. The fraction of sp³-hybridized carbons (Fsp3) is 0.286. The lowest BCUT2D eigenvalue weighted by molar-refractivity contribution is -0.114. The SMILES string of the molecule is CC(=O)Nc1ccc(C(=O)NCc2cccc(C(=O)N3CCCC3)c2)cc1. The first kappa shape index (κ1) is 18.6. The second-order valence-electron chi connectivity index (χ2n) is 6.64. The van der Waals surface area contributed by atoms with Gasteiger partial charge in [0.2, 0.25) is 5.91 Å². The fourth-order valence-electron chi connectivity index (χ4n) is 3.11. The van der Waals surface area contributed by atoms with Crippen molar-refractivity contribution in [2.75, 3.05) is 18.4 Å². The maximum Gasteiger partial charge on any atom is 0.253 e. The molecule has 2 aromatic rings. The van der Waals surface area contributed by atoms with Crippen molar-refractivity contribution in [2.45, 2.75) is 26.3 Å². The lowest BCUT2D eigenvalue weighted by atomic mass is 10.1. The van der Waals surface area contributed by atoms with Crippen molar-refractivity contribution < 1.29 is 14.4 Å². The van der Waals surface area contributed by atoms with E-state index in [9.17, 15) is 14.4 Å². The van der Waals surface area contributed by atoms with Crippen LogP contribution in [0.15, 0.2) is 48.5 Å². The topological polar surface area (TPSA) is 78.5 Å². The van der Waals surface area contributed by atoms with Crippen molar-refractivity contribution in [1.29, 1.82) is 0 Å². The van der Waals surface area contributed by atoms with Gasteiger partial charge in [-0.1, -0.05) is 12.1 Å². The Bertz CT molecular complexity index is 840. The molecule has 0 radical (unpaired) electrons. The zero-order chi connectivity index (χ0) is 19.2. The quantitative estimate of drug-likeness (QED) is 0.855. The molecular formula is C21H23N3O3. The first-order valence-corrected chi connectivity index (χ1v) is 9.07. The highest BCUT2D eigenvalue weighted by Gasteiger charge is 2.19. The average Bonchev–Trinajstić information content (AvgIpc) is 3.20.